The SMILES string of the molecule is Cc1ccccc1C(=O)C1C(c2sccc2C)C(C(=O)O)N(C(=O)C2CCC2)C1c1ccc(Cl)cc1. The van der Waals surface area contributed by atoms with Crippen molar-refractivity contribution in [3.05, 3.63) is 92.1 Å². The van der Waals surface area contributed by atoms with Gasteiger partial charge in [0, 0.05) is 27.3 Å². The summed E-state index contributed by atoms with van der Waals surface area (Å²) in [6, 6.07) is 14.6. The highest BCUT2D eigenvalue weighted by molar-refractivity contribution is 7.10. The van der Waals surface area contributed by atoms with Crippen LogP contribution in [-0.4, -0.2) is 33.7 Å². The average molecular weight is 522 g/mol. The number of ketones is 1. The van der Waals surface area contributed by atoms with Gasteiger partial charge in [0.25, 0.3) is 0 Å². The van der Waals surface area contributed by atoms with Crippen LogP contribution in [0.2, 0.25) is 5.02 Å². The first-order chi connectivity index (χ1) is 17.3. The number of aryl methyl sites for hydroxylation is 2. The van der Waals surface area contributed by atoms with Crippen LogP contribution >= 0.6 is 22.9 Å². The number of carbonyl (C=O) groups excluding carboxylic acids is 2. The number of thiophene rings is 1. The van der Waals surface area contributed by atoms with E-state index in [-0.39, 0.29) is 17.6 Å². The van der Waals surface area contributed by atoms with Crippen LogP contribution in [0, 0.1) is 25.7 Å². The van der Waals surface area contributed by atoms with Gasteiger partial charge in [-0.2, -0.15) is 0 Å². The number of nitrogens with zero attached hydrogens (tertiary/aromatic N) is 1. The molecule has 4 atom stereocenters. The van der Waals surface area contributed by atoms with Crippen LogP contribution in [0.3, 0.4) is 0 Å². The molecule has 5 rings (SSSR count). The number of amides is 1. The Bertz CT molecular complexity index is 1310. The summed E-state index contributed by atoms with van der Waals surface area (Å²) in [5.41, 5.74) is 3.05. The topological polar surface area (TPSA) is 74.7 Å². The maximum atomic E-state index is 14.4. The Kier molecular flexibility index (Phi) is 6.75. The second kappa shape index (κ2) is 9.83. The van der Waals surface area contributed by atoms with Crippen molar-refractivity contribution in [1.82, 2.24) is 4.90 Å². The number of hydrogen-bond acceptors (Lipinski definition) is 4. The molecular formula is C29H28ClNO4S. The Morgan fingerprint density at radius 3 is 2.22 bits per heavy atom. The van der Waals surface area contributed by atoms with E-state index in [0.717, 1.165) is 40.8 Å². The van der Waals surface area contributed by atoms with Crippen LogP contribution in [0.25, 0.3) is 0 Å². The van der Waals surface area contributed by atoms with E-state index in [0.29, 0.717) is 10.6 Å². The molecule has 0 bridgehead atoms. The molecule has 0 radical (unpaired) electrons. The van der Waals surface area contributed by atoms with E-state index in [1.54, 1.807) is 18.2 Å². The van der Waals surface area contributed by atoms with Crippen LogP contribution in [0.5, 0.6) is 0 Å². The average Bonchev–Trinajstić information content (AvgIpc) is 3.39. The molecular weight excluding hydrogens is 494 g/mol. The first-order valence-electron chi connectivity index (χ1n) is 12.2. The number of Topliss-reactive ketones (excluding diaryl/α,β-unsaturated/α-hetero) is 1. The van der Waals surface area contributed by atoms with Gasteiger partial charge in [0.1, 0.15) is 6.04 Å². The second-order valence-corrected chi connectivity index (χ2v) is 11.2. The fraction of sp³-hybridized carbons (Fsp3) is 0.345. The number of carboxylic acids is 1. The summed E-state index contributed by atoms with van der Waals surface area (Å²) in [5.74, 6) is -3.03. The molecule has 1 saturated carbocycles. The van der Waals surface area contributed by atoms with Crippen LogP contribution in [0.15, 0.2) is 60.0 Å². The monoisotopic (exact) mass is 521 g/mol. The van der Waals surface area contributed by atoms with Gasteiger partial charge in [0.05, 0.1) is 12.0 Å². The van der Waals surface area contributed by atoms with Crippen molar-refractivity contribution in [2.75, 3.05) is 0 Å². The van der Waals surface area contributed by atoms with Crippen LogP contribution in [-0.2, 0) is 9.59 Å². The maximum Gasteiger partial charge on any atom is 0.327 e. The number of rotatable bonds is 6. The Morgan fingerprint density at radius 1 is 0.972 bits per heavy atom. The Balaban J connectivity index is 1.76. The molecule has 186 valence electrons. The third kappa shape index (κ3) is 4.16. The molecule has 36 heavy (non-hydrogen) atoms. The van der Waals surface area contributed by atoms with E-state index in [4.69, 9.17) is 11.6 Å². The largest absolute Gasteiger partial charge is 0.480 e. The lowest BCUT2D eigenvalue weighted by atomic mass is 9.77. The van der Waals surface area contributed by atoms with Gasteiger partial charge in [-0.3, -0.25) is 9.59 Å². The molecule has 1 aromatic heterocycles. The molecule has 1 amide bonds. The molecule has 1 saturated heterocycles. The molecule has 3 aromatic rings. The van der Waals surface area contributed by atoms with Crippen molar-refractivity contribution in [1.29, 1.82) is 0 Å². The third-order valence-electron chi connectivity index (χ3n) is 7.76. The third-order valence-corrected chi connectivity index (χ3v) is 9.13. The van der Waals surface area contributed by atoms with E-state index in [1.165, 1.54) is 16.2 Å². The van der Waals surface area contributed by atoms with Crippen molar-refractivity contribution in [2.45, 2.75) is 51.1 Å². The zero-order valence-electron chi connectivity index (χ0n) is 20.2. The minimum Gasteiger partial charge on any atom is -0.480 e. The number of carbonyl (C=O) groups is 3. The van der Waals surface area contributed by atoms with E-state index >= 15 is 0 Å². The van der Waals surface area contributed by atoms with Gasteiger partial charge in [-0.25, -0.2) is 4.79 Å². The molecule has 2 heterocycles. The lowest BCUT2D eigenvalue weighted by Gasteiger charge is -2.36. The number of likely N-dealkylation sites (tertiary alicyclic amines) is 1. The number of carboxylic acid groups (broad SMARTS) is 1. The highest BCUT2D eigenvalue weighted by atomic mass is 35.5. The van der Waals surface area contributed by atoms with Crippen molar-refractivity contribution < 1.29 is 19.5 Å². The van der Waals surface area contributed by atoms with Gasteiger partial charge in [-0.15, -0.1) is 11.3 Å². The Labute approximate surface area is 219 Å². The first-order valence-corrected chi connectivity index (χ1v) is 13.5. The van der Waals surface area contributed by atoms with E-state index < -0.39 is 29.9 Å². The summed E-state index contributed by atoms with van der Waals surface area (Å²) in [6.07, 6.45) is 2.44. The molecule has 7 heteroatoms. The summed E-state index contributed by atoms with van der Waals surface area (Å²) in [7, 11) is 0. The van der Waals surface area contributed by atoms with Gasteiger partial charge in [0.2, 0.25) is 5.91 Å². The van der Waals surface area contributed by atoms with E-state index in [2.05, 4.69) is 0 Å². The minimum absolute atomic E-state index is 0.138. The Morgan fingerprint density at radius 2 is 1.67 bits per heavy atom. The zero-order valence-corrected chi connectivity index (χ0v) is 21.8. The van der Waals surface area contributed by atoms with Crippen molar-refractivity contribution >= 4 is 40.6 Å². The summed E-state index contributed by atoms with van der Waals surface area (Å²) in [5, 5.41) is 13.0. The quantitative estimate of drug-likeness (QED) is 0.379. The predicted molar refractivity (Wildman–Crippen MR) is 141 cm³/mol. The lowest BCUT2D eigenvalue weighted by molar-refractivity contribution is -0.153. The van der Waals surface area contributed by atoms with Gasteiger partial charge in [-0.1, -0.05) is 54.4 Å². The van der Waals surface area contributed by atoms with Crippen molar-refractivity contribution in [3.63, 3.8) is 0 Å². The minimum atomic E-state index is -1.14. The fourth-order valence-electron chi connectivity index (χ4n) is 5.72. The highest BCUT2D eigenvalue weighted by Crippen LogP contribution is 2.54. The molecule has 5 nitrogen and oxygen atoms in total. The van der Waals surface area contributed by atoms with Gasteiger partial charge in [0.15, 0.2) is 5.78 Å². The van der Waals surface area contributed by atoms with Gasteiger partial charge >= 0.3 is 5.97 Å². The van der Waals surface area contributed by atoms with E-state index in [1.807, 2.05) is 55.6 Å². The molecule has 2 aromatic carbocycles. The number of hydrogen-bond donors (Lipinski definition) is 1. The number of halogens is 1. The van der Waals surface area contributed by atoms with Crippen LogP contribution < -0.4 is 0 Å². The molecule has 0 spiro atoms. The van der Waals surface area contributed by atoms with Crippen LogP contribution in [0.1, 0.15) is 63.1 Å². The normalized spacial score (nSPS) is 23.9. The second-order valence-electron chi connectivity index (χ2n) is 9.85. The summed E-state index contributed by atoms with van der Waals surface area (Å²) in [6.45, 7) is 3.82. The van der Waals surface area contributed by atoms with Gasteiger partial charge < -0.3 is 10.0 Å². The molecule has 2 fully saturated rings. The maximum absolute atomic E-state index is 14.4. The molecule has 1 aliphatic heterocycles. The molecule has 1 aliphatic carbocycles. The molecule has 2 aliphatic rings. The fourth-order valence-corrected chi connectivity index (χ4v) is 6.95. The Hall–Kier alpha value is -2.96. The van der Waals surface area contributed by atoms with Gasteiger partial charge in [-0.05, 0) is 67.0 Å². The first kappa shape index (κ1) is 24.7. The smallest absolute Gasteiger partial charge is 0.327 e. The highest BCUT2D eigenvalue weighted by Gasteiger charge is 2.59. The zero-order chi connectivity index (χ0) is 25.6. The molecule has 1 N–H and O–H groups in total. The summed E-state index contributed by atoms with van der Waals surface area (Å²) in [4.78, 5) is 43.6. The predicted octanol–water partition coefficient (Wildman–Crippen LogP) is 6.44. The molecule has 4 unspecified atom stereocenters. The summed E-state index contributed by atoms with van der Waals surface area (Å²) >= 11 is 7.64. The summed E-state index contributed by atoms with van der Waals surface area (Å²) < 4.78 is 0. The number of aliphatic carboxylic acids is 1. The van der Waals surface area contributed by atoms with Crippen LogP contribution in [0.4, 0.5) is 0 Å². The van der Waals surface area contributed by atoms with E-state index in [9.17, 15) is 19.5 Å². The standard InChI is InChI=1S/C29H28ClNO4S/c1-16-6-3-4-9-21(16)26(32)22-23(27-17(2)14-15-36-27)25(29(34)35)31(28(33)19-7-5-8-19)24(22)18-10-12-20(30)13-11-18/h3-4,6,9-15,19,22-25H,5,7-8H2,1-2H3,(H,34,35). The van der Waals surface area contributed by atoms with Crippen molar-refractivity contribution in [2.24, 2.45) is 11.8 Å². The van der Waals surface area contributed by atoms with Crippen molar-refractivity contribution in [3.8, 4) is 0 Å². The lowest BCUT2D eigenvalue weighted by Crippen LogP contribution is -2.47. The number of benzene rings is 2.